The van der Waals surface area contributed by atoms with Crippen molar-refractivity contribution in [1.29, 1.82) is 0 Å². The Balaban J connectivity index is 0. The number of aromatic hydroxyl groups is 3. The fourth-order valence-electron chi connectivity index (χ4n) is 3.20. The van der Waals surface area contributed by atoms with Crippen LogP contribution in [0.3, 0.4) is 0 Å². The Morgan fingerprint density at radius 1 is 0.551 bits per heavy atom. The van der Waals surface area contributed by atoms with Crippen molar-refractivity contribution >= 4 is 35.3 Å². The van der Waals surface area contributed by atoms with Gasteiger partial charge in [0.2, 0.25) is 5.75 Å². The summed E-state index contributed by atoms with van der Waals surface area (Å²) in [6.07, 6.45) is 0. The number of hydrogen-bond acceptors (Lipinski definition) is 11. The van der Waals surface area contributed by atoms with Gasteiger partial charge in [-0.05, 0) is 67.9 Å². The number of carboxylic acid groups (broad SMARTS) is 4. The van der Waals surface area contributed by atoms with Crippen LogP contribution in [-0.4, -0.2) is 69.5 Å². The Morgan fingerprint density at radius 3 is 1.43 bits per heavy atom. The minimum Gasteiger partial charge on any atom is -0.508 e. The first kappa shape index (κ1) is 44.1. The SMILES string of the molecule is C.C.Cc1cc(C(=O)O)c(O)c([N+](=O)[O-])c1.Cc1ccc(C(=O)O)cc1.O=C(O)c1ccc(O)c([N+](=O)[O-])c1.O=C(O)c1cccc(O)c1. The second-order valence-electron chi connectivity index (χ2n) is 9.03. The number of phenols is 3. The van der Waals surface area contributed by atoms with E-state index < -0.39 is 62.2 Å². The van der Waals surface area contributed by atoms with Crippen molar-refractivity contribution in [3.05, 3.63) is 132 Å². The lowest BCUT2D eigenvalue weighted by molar-refractivity contribution is -0.386. The monoisotopic (exact) mass is 686 g/mol. The number of aryl methyl sites for hydroxylation is 2. The number of benzene rings is 4. The Kier molecular flexibility index (Phi) is 18.1. The zero-order chi connectivity index (χ0) is 36.0. The highest BCUT2D eigenvalue weighted by Gasteiger charge is 2.21. The van der Waals surface area contributed by atoms with Gasteiger partial charge in [0.25, 0.3) is 0 Å². The summed E-state index contributed by atoms with van der Waals surface area (Å²) in [6, 6.07) is 17.4. The van der Waals surface area contributed by atoms with Crippen LogP contribution in [0, 0.1) is 34.1 Å². The molecule has 0 aliphatic carbocycles. The molecule has 4 aromatic rings. The average molecular weight is 687 g/mol. The number of carboxylic acids is 4. The van der Waals surface area contributed by atoms with E-state index in [1.807, 2.05) is 6.92 Å². The van der Waals surface area contributed by atoms with Gasteiger partial charge in [0.05, 0.1) is 26.5 Å². The van der Waals surface area contributed by atoms with Crippen LogP contribution in [0.2, 0.25) is 0 Å². The van der Waals surface area contributed by atoms with E-state index in [9.17, 15) is 44.5 Å². The zero-order valence-corrected chi connectivity index (χ0v) is 24.3. The van der Waals surface area contributed by atoms with Crippen molar-refractivity contribution in [1.82, 2.24) is 0 Å². The van der Waals surface area contributed by atoms with Gasteiger partial charge in [0.1, 0.15) is 11.3 Å². The third-order valence-corrected chi connectivity index (χ3v) is 5.47. The second-order valence-corrected chi connectivity index (χ2v) is 9.03. The molecular formula is C32H34N2O15. The normalized spacial score (nSPS) is 9.10. The molecule has 0 bridgehead atoms. The third kappa shape index (κ3) is 14.3. The van der Waals surface area contributed by atoms with Crippen molar-refractivity contribution in [2.75, 3.05) is 0 Å². The van der Waals surface area contributed by atoms with Gasteiger partial charge in [-0.15, -0.1) is 0 Å². The average Bonchev–Trinajstić information content (AvgIpc) is 2.99. The fourth-order valence-corrected chi connectivity index (χ4v) is 3.20. The van der Waals surface area contributed by atoms with Crippen molar-refractivity contribution < 1.29 is 64.8 Å². The highest BCUT2D eigenvalue weighted by molar-refractivity contribution is 5.92. The molecule has 0 atom stereocenters. The summed E-state index contributed by atoms with van der Waals surface area (Å²) in [7, 11) is 0. The van der Waals surface area contributed by atoms with Crippen LogP contribution in [0.1, 0.15) is 67.4 Å². The van der Waals surface area contributed by atoms with E-state index in [0.29, 0.717) is 11.1 Å². The molecule has 7 N–H and O–H groups in total. The van der Waals surface area contributed by atoms with Crippen LogP contribution in [0.25, 0.3) is 0 Å². The van der Waals surface area contributed by atoms with E-state index in [1.165, 1.54) is 37.3 Å². The lowest BCUT2D eigenvalue weighted by atomic mass is 10.1. The standard InChI is InChI=1S/C8H7NO5.C8H8O2.C7H5NO5.C7H6O3.2CH4/c1-4-2-5(8(11)12)7(10)6(3-4)9(13)14;1-6-2-4-7(5-3-6)8(9)10;9-6-2-1-4(7(10)11)3-5(6)8(12)13;8-6-3-1-2-5(4-6)7(9)10;;/h2-3,10H,1H3,(H,11,12);2-5H,1H3,(H,9,10);1-3,9H,(H,10,11);1-4,8H,(H,9,10);2*1H4. The van der Waals surface area contributed by atoms with Crippen molar-refractivity contribution in [3.8, 4) is 17.2 Å². The first-order chi connectivity index (χ1) is 21.8. The summed E-state index contributed by atoms with van der Waals surface area (Å²) in [5.41, 5.74) is 0.0194. The summed E-state index contributed by atoms with van der Waals surface area (Å²) >= 11 is 0. The molecule has 0 heterocycles. The Morgan fingerprint density at radius 2 is 1.02 bits per heavy atom. The maximum absolute atomic E-state index is 10.6. The number of nitro groups is 2. The molecule has 0 saturated heterocycles. The molecule has 17 heteroatoms. The maximum Gasteiger partial charge on any atom is 0.339 e. The van der Waals surface area contributed by atoms with Crippen LogP contribution in [0.15, 0.2) is 78.9 Å². The molecule has 4 rings (SSSR count). The predicted molar refractivity (Wildman–Crippen MR) is 175 cm³/mol. The molecular weight excluding hydrogens is 652 g/mol. The molecule has 262 valence electrons. The molecule has 0 spiro atoms. The third-order valence-electron chi connectivity index (χ3n) is 5.47. The van der Waals surface area contributed by atoms with Crippen LogP contribution in [0.5, 0.6) is 17.2 Å². The van der Waals surface area contributed by atoms with E-state index in [0.717, 1.165) is 29.8 Å². The van der Waals surface area contributed by atoms with Crippen LogP contribution in [0.4, 0.5) is 11.4 Å². The molecule has 0 saturated carbocycles. The number of hydrogen-bond donors (Lipinski definition) is 7. The van der Waals surface area contributed by atoms with Gasteiger partial charge in [0, 0.05) is 12.1 Å². The molecule has 0 aliphatic heterocycles. The number of nitro benzene ring substituents is 2. The van der Waals surface area contributed by atoms with Gasteiger partial charge in [-0.2, -0.15) is 0 Å². The number of aromatic carboxylic acids is 4. The van der Waals surface area contributed by atoms with Gasteiger partial charge in [-0.3, -0.25) is 20.2 Å². The van der Waals surface area contributed by atoms with Gasteiger partial charge >= 0.3 is 35.3 Å². The second kappa shape index (κ2) is 20.2. The lowest BCUT2D eigenvalue weighted by Gasteiger charge is -2.01. The number of rotatable bonds is 6. The van der Waals surface area contributed by atoms with Gasteiger partial charge in [-0.25, -0.2) is 19.2 Å². The van der Waals surface area contributed by atoms with Gasteiger partial charge in [-0.1, -0.05) is 38.6 Å². The predicted octanol–water partition coefficient (Wildman–Crippen LogP) is 6.36. The van der Waals surface area contributed by atoms with E-state index in [1.54, 1.807) is 24.3 Å². The summed E-state index contributed by atoms with van der Waals surface area (Å²) < 4.78 is 0. The smallest absolute Gasteiger partial charge is 0.339 e. The molecule has 49 heavy (non-hydrogen) atoms. The first-order valence-electron chi connectivity index (χ1n) is 12.6. The first-order valence-corrected chi connectivity index (χ1v) is 12.6. The van der Waals surface area contributed by atoms with Crippen molar-refractivity contribution in [2.45, 2.75) is 28.7 Å². The highest BCUT2D eigenvalue weighted by atomic mass is 16.6. The molecule has 17 nitrogen and oxygen atoms in total. The summed E-state index contributed by atoms with van der Waals surface area (Å²) in [5.74, 6) is -5.96. The quantitative estimate of drug-likeness (QED) is 0.0857. The summed E-state index contributed by atoms with van der Waals surface area (Å²) in [5, 5.41) is 81.6. The fraction of sp³-hybridized carbons (Fsp3) is 0.125. The van der Waals surface area contributed by atoms with E-state index >= 15 is 0 Å². The van der Waals surface area contributed by atoms with Crippen LogP contribution < -0.4 is 0 Å². The largest absolute Gasteiger partial charge is 0.508 e. The lowest BCUT2D eigenvalue weighted by Crippen LogP contribution is -2.00. The Hall–Kier alpha value is -7.04. The van der Waals surface area contributed by atoms with Crippen LogP contribution in [-0.2, 0) is 0 Å². The molecule has 4 aromatic carbocycles. The minimum atomic E-state index is -1.39. The number of nitrogens with zero attached hydrogens (tertiary/aromatic N) is 2. The molecule has 0 unspecified atom stereocenters. The van der Waals surface area contributed by atoms with E-state index in [4.69, 9.17) is 30.6 Å². The van der Waals surface area contributed by atoms with Crippen LogP contribution >= 0.6 is 0 Å². The minimum absolute atomic E-state index is 0. The van der Waals surface area contributed by atoms with Crippen molar-refractivity contribution in [2.24, 2.45) is 0 Å². The maximum atomic E-state index is 10.6. The molecule has 0 fully saturated rings. The van der Waals surface area contributed by atoms with E-state index in [-0.39, 0.29) is 31.7 Å². The van der Waals surface area contributed by atoms with E-state index in [2.05, 4.69) is 0 Å². The van der Waals surface area contributed by atoms with Gasteiger partial charge in [0.15, 0.2) is 5.75 Å². The highest BCUT2D eigenvalue weighted by Crippen LogP contribution is 2.31. The number of carbonyl (C=O) groups is 4. The summed E-state index contributed by atoms with van der Waals surface area (Å²) in [6.45, 7) is 3.44. The Labute approximate surface area is 278 Å². The molecule has 0 radical (unpaired) electrons. The summed E-state index contributed by atoms with van der Waals surface area (Å²) in [4.78, 5) is 60.5. The number of phenolic OH excluding ortho intramolecular Hbond substituents is 2. The van der Waals surface area contributed by atoms with Crippen molar-refractivity contribution in [3.63, 3.8) is 0 Å². The topological polar surface area (TPSA) is 296 Å². The molecule has 0 aliphatic rings. The zero-order valence-electron chi connectivity index (χ0n) is 24.3. The molecule has 0 aromatic heterocycles. The Bertz CT molecular complexity index is 1770. The van der Waals surface area contributed by atoms with Gasteiger partial charge < -0.3 is 35.7 Å². The molecule has 0 amide bonds.